The first-order valence-electron chi connectivity index (χ1n) is 14.3. The Labute approximate surface area is 239 Å². The molecule has 2 saturated carbocycles. The van der Waals surface area contributed by atoms with Gasteiger partial charge >= 0.3 is 5.97 Å². The topological polar surface area (TPSA) is 118 Å². The maximum Gasteiger partial charge on any atom is 0.328 e. The molecular formula is C30H38ClN3O6. The summed E-state index contributed by atoms with van der Waals surface area (Å²) in [4.78, 5) is 57.8. The van der Waals surface area contributed by atoms with Crippen LogP contribution in [-0.2, 0) is 19.1 Å². The highest BCUT2D eigenvalue weighted by molar-refractivity contribution is 6.35. The zero-order valence-corrected chi connectivity index (χ0v) is 24.0. The van der Waals surface area contributed by atoms with Crippen LogP contribution in [0.5, 0.6) is 5.75 Å². The number of hydrogen-bond acceptors (Lipinski definition) is 6. The predicted molar refractivity (Wildman–Crippen MR) is 150 cm³/mol. The highest BCUT2D eigenvalue weighted by Gasteiger charge is 2.49. The molecule has 2 N–H and O–H groups in total. The highest BCUT2D eigenvalue weighted by Crippen LogP contribution is 2.47. The molecule has 0 bridgehead atoms. The summed E-state index contributed by atoms with van der Waals surface area (Å²) in [7, 11) is 2.84. The molecule has 3 aliphatic rings. The molecule has 1 aromatic carbocycles. The van der Waals surface area contributed by atoms with Gasteiger partial charge in [-0.15, -0.1) is 0 Å². The number of aromatic amines is 1. The second-order valence-corrected chi connectivity index (χ2v) is 12.1. The zero-order valence-electron chi connectivity index (χ0n) is 23.2. The van der Waals surface area contributed by atoms with Gasteiger partial charge < -0.3 is 24.7 Å². The lowest BCUT2D eigenvalue weighted by Crippen LogP contribution is -2.52. The number of H-pyrrole nitrogens is 1. The van der Waals surface area contributed by atoms with Gasteiger partial charge in [0.25, 0.3) is 5.91 Å². The van der Waals surface area contributed by atoms with Crippen LogP contribution in [0.2, 0.25) is 5.02 Å². The Hall–Kier alpha value is -3.07. The Morgan fingerprint density at radius 3 is 2.62 bits per heavy atom. The molecular weight excluding hydrogens is 534 g/mol. The van der Waals surface area contributed by atoms with E-state index in [0.29, 0.717) is 53.2 Å². The van der Waals surface area contributed by atoms with Gasteiger partial charge in [0, 0.05) is 24.3 Å². The molecule has 216 valence electrons. The number of fused-ring (bicyclic) bond motifs is 1. The number of hydrogen-bond donors (Lipinski definition) is 2. The first-order chi connectivity index (χ1) is 19.2. The van der Waals surface area contributed by atoms with E-state index in [1.54, 1.807) is 30.2 Å². The third-order valence-electron chi connectivity index (χ3n) is 9.14. The van der Waals surface area contributed by atoms with Crippen molar-refractivity contribution in [3.05, 3.63) is 28.9 Å². The number of esters is 1. The van der Waals surface area contributed by atoms with Crippen LogP contribution in [0.25, 0.3) is 10.9 Å². The summed E-state index contributed by atoms with van der Waals surface area (Å²) in [6, 6.07) is 3.49. The Balaban J connectivity index is 1.42. The number of carbonyl (C=O) groups is 4. The Morgan fingerprint density at radius 1 is 1.15 bits per heavy atom. The van der Waals surface area contributed by atoms with E-state index in [1.165, 1.54) is 7.11 Å². The average Bonchev–Trinajstić information content (AvgIpc) is 3.57. The van der Waals surface area contributed by atoms with Crippen molar-refractivity contribution in [3.63, 3.8) is 0 Å². The van der Waals surface area contributed by atoms with E-state index in [4.69, 9.17) is 21.1 Å². The minimum absolute atomic E-state index is 0.126. The summed E-state index contributed by atoms with van der Waals surface area (Å²) in [5.74, 6) is -0.828. The number of aromatic nitrogens is 1. The largest absolute Gasteiger partial charge is 0.496 e. The number of nitrogens with one attached hydrogen (secondary N) is 2. The fourth-order valence-electron chi connectivity index (χ4n) is 6.99. The molecule has 2 aliphatic carbocycles. The van der Waals surface area contributed by atoms with E-state index in [9.17, 15) is 19.2 Å². The number of likely N-dealkylation sites (tertiary alicyclic amines) is 1. The van der Waals surface area contributed by atoms with Crippen molar-refractivity contribution >= 4 is 46.1 Å². The molecule has 1 aliphatic heterocycles. The van der Waals surface area contributed by atoms with Gasteiger partial charge in [0.1, 0.15) is 29.3 Å². The van der Waals surface area contributed by atoms with Gasteiger partial charge in [-0.05, 0) is 62.1 Å². The van der Waals surface area contributed by atoms with Crippen LogP contribution < -0.4 is 10.1 Å². The SMILES string of the molecule is COC(=O)[C@H](C[C@@H]1CCCCC1=O)NC(=O)C1CC2(CCCCC2)CN1C(=O)c1cc2c(OC)ccc(Cl)c2[nH]1. The molecule has 3 atom stereocenters. The molecule has 9 nitrogen and oxygen atoms in total. The van der Waals surface area contributed by atoms with E-state index in [-0.39, 0.29) is 35.4 Å². The Kier molecular flexibility index (Phi) is 8.40. The van der Waals surface area contributed by atoms with E-state index in [2.05, 4.69) is 10.3 Å². The van der Waals surface area contributed by atoms with Crippen molar-refractivity contribution in [2.45, 2.75) is 82.7 Å². The quantitative estimate of drug-likeness (QED) is 0.461. The second kappa shape index (κ2) is 11.8. The standard InChI is InChI=1S/C30H38ClN3O6/c1-39-25-11-10-20(31)26-19(25)15-21(32-26)28(37)34-17-30(12-6-3-7-13-30)16-23(34)27(36)33-22(29(38)40-2)14-18-8-4-5-9-24(18)35/h10-11,15,18,22-23,32H,3-9,12-14,16-17H2,1-2H3,(H,33,36)/t18-,22-,23?/m0/s1. The molecule has 0 radical (unpaired) electrons. The van der Waals surface area contributed by atoms with Crippen molar-refractivity contribution in [1.82, 2.24) is 15.2 Å². The number of ether oxygens (including phenoxy) is 2. The zero-order chi connectivity index (χ0) is 28.4. The molecule has 1 saturated heterocycles. The van der Waals surface area contributed by atoms with Gasteiger partial charge in [-0.25, -0.2) is 4.79 Å². The summed E-state index contributed by atoms with van der Waals surface area (Å²) in [6.07, 6.45) is 8.88. The monoisotopic (exact) mass is 571 g/mol. The number of ketones is 1. The van der Waals surface area contributed by atoms with Crippen LogP contribution in [0, 0.1) is 11.3 Å². The minimum atomic E-state index is -0.944. The van der Waals surface area contributed by atoms with Crippen molar-refractivity contribution in [2.24, 2.45) is 11.3 Å². The number of methoxy groups -OCH3 is 2. The van der Waals surface area contributed by atoms with Crippen molar-refractivity contribution in [2.75, 3.05) is 20.8 Å². The third-order valence-corrected chi connectivity index (χ3v) is 9.46. The summed E-state index contributed by atoms with van der Waals surface area (Å²) >= 11 is 6.41. The van der Waals surface area contributed by atoms with Crippen molar-refractivity contribution < 1.29 is 28.7 Å². The van der Waals surface area contributed by atoms with Crippen LogP contribution in [0.1, 0.15) is 81.1 Å². The second-order valence-electron chi connectivity index (χ2n) is 11.7. The third kappa shape index (κ3) is 5.57. The summed E-state index contributed by atoms with van der Waals surface area (Å²) in [6.45, 7) is 0.466. The van der Waals surface area contributed by atoms with Gasteiger partial charge in [-0.3, -0.25) is 14.4 Å². The molecule has 40 heavy (non-hydrogen) atoms. The number of benzene rings is 1. The molecule has 10 heteroatoms. The smallest absolute Gasteiger partial charge is 0.328 e. The Morgan fingerprint density at radius 2 is 1.93 bits per heavy atom. The van der Waals surface area contributed by atoms with Crippen LogP contribution in [-0.4, -0.2) is 66.3 Å². The lowest BCUT2D eigenvalue weighted by atomic mass is 9.72. The van der Waals surface area contributed by atoms with Crippen molar-refractivity contribution in [1.29, 1.82) is 0 Å². The van der Waals surface area contributed by atoms with Gasteiger partial charge in [-0.2, -0.15) is 0 Å². The van der Waals surface area contributed by atoms with Crippen LogP contribution in [0.15, 0.2) is 18.2 Å². The highest BCUT2D eigenvalue weighted by atomic mass is 35.5. The molecule has 1 aromatic heterocycles. The maximum absolute atomic E-state index is 14.0. The van der Waals surface area contributed by atoms with Gasteiger partial charge in [-0.1, -0.05) is 37.3 Å². The summed E-state index contributed by atoms with van der Waals surface area (Å²) in [5, 5.41) is 4.03. The van der Waals surface area contributed by atoms with Gasteiger partial charge in [0.05, 0.1) is 24.8 Å². The van der Waals surface area contributed by atoms with E-state index < -0.39 is 18.1 Å². The first kappa shape index (κ1) is 28.5. The number of halogens is 1. The predicted octanol–water partition coefficient (Wildman–Crippen LogP) is 4.80. The first-order valence-corrected chi connectivity index (χ1v) is 14.7. The number of carbonyl (C=O) groups excluding carboxylic acids is 4. The van der Waals surface area contributed by atoms with Crippen LogP contribution >= 0.6 is 11.6 Å². The molecule has 1 unspecified atom stereocenters. The molecule has 5 rings (SSSR count). The van der Waals surface area contributed by atoms with E-state index >= 15 is 0 Å². The summed E-state index contributed by atoms with van der Waals surface area (Å²) < 4.78 is 10.5. The molecule has 2 amide bonds. The fraction of sp³-hybridized carbons (Fsp3) is 0.600. The van der Waals surface area contributed by atoms with Gasteiger partial charge in [0.2, 0.25) is 5.91 Å². The number of rotatable bonds is 7. The molecule has 2 aromatic rings. The minimum Gasteiger partial charge on any atom is -0.496 e. The van der Waals surface area contributed by atoms with Crippen molar-refractivity contribution in [3.8, 4) is 5.75 Å². The van der Waals surface area contributed by atoms with Gasteiger partial charge in [0.15, 0.2) is 0 Å². The van der Waals surface area contributed by atoms with Crippen LogP contribution in [0.4, 0.5) is 0 Å². The fourth-order valence-corrected chi connectivity index (χ4v) is 7.20. The lowest BCUT2D eigenvalue weighted by Gasteiger charge is -2.32. The normalized spacial score (nSPS) is 23.3. The Bertz CT molecular complexity index is 1300. The molecule has 2 heterocycles. The van der Waals surface area contributed by atoms with E-state index in [1.807, 2.05) is 0 Å². The van der Waals surface area contributed by atoms with E-state index in [0.717, 1.165) is 44.9 Å². The summed E-state index contributed by atoms with van der Waals surface area (Å²) in [5.41, 5.74) is 0.779. The maximum atomic E-state index is 14.0. The lowest BCUT2D eigenvalue weighted by molar-refractivity contribution is -0.146. The van der Waals surface area contributed by atoms with Crippen LogP contribution in [0.3, 0.4) is 0 Å². The number of amides is 2. The average molecular weight is 572 g/mol. The molecule has 3 fully saturated rings. The molecule has 1 spiro atoms. The number of nitrogens with zero attached hydrogens (tertiary/aromatic N) is 1. The number of Topliss-reactive ketones (excluding diaryl/α,β-unsaturated/α-hetero) is 1.